The SMILES string of the molecule is CC(C)(C)c1cc2c(O)c(c1)Sc1cc(C(C)(C)C)cc(c1O)Cc1cc(C(C)(C)C)cc(c1O)Sc1cc(C(C)(C)C)cc(c1O)Cc1cc(C(C)(C)C)cc(c1O)Sc1cc(C(C)(C)C)cc(c1O)Cc1cc(C(C)(C)C)cc(c1O)Sc1cc(C(C)(C)C)cc(c1O)C2. The summed E-state index contributed by atoms with van der Waals surface area (Å²) in [6, 6.07) is 32.1. The molecule has 1 heterocycles. The average Bonchev–Trinajstić information content (AvgIpc) is 0.783. The van der Waals surface area contributed by atoms with Gasteiger partial charge in [-0.1, -0.05) is 262 Å². The molecule has 0 radical (unpaired) electrons. The summed E-state index contributed by atoms with van der Waals surface area (Å²) < 4.78 is 0. The van der Waals surface area contributed by atoms with Crippen LogP contribution in [0.3, 0.4) is 0 Å². The highest BCUT2D eigenvalue weighted by atomic mass is 32.2. The van der Waals surface area contributed by atoms with E-state index < -0.39 is 0 Å². The van der Waals surface area contributed by atoms with Gasteiger partial charge in [0.25, 0.3) is 0 Å². The second kappa shape index (κ2) is 26.0. The molecule has 1 aliphatic heterocycles. The maximum absolute atomic E-state index is 12.8. The van der Waals surface area contributed by atoms with Crippen LogP contribution in [0.2, 0.25) is 0 Å². The van der Waals surface area contributed by atoms with Crippen LogP contribution in [0.5, 0.6) is 46.0 Å². The highest BCUT2D eigenvalue weighted by Gasteiger charge is 2.32. The van der Waals surface area contributed by atoms with E-state index in [0.717, 1.165) is 44.5 Å². The zero-order valence-corrected chi connectivity index (χ0v) is 64.5. The molecule has 0 amide bonds. The van der Waals surface area contributed by atoms with Gasteiger partial charge in [-0.2, -0.15) is 0 Å². The van der Waals surface area contributed by atoms with Gasteiger partial charge in [0.05, 0.1) is 39.2 Å². The third-order valence-corrected chi connectivity index (χ3v) is 22.8. The van der Waals surface area contributed by atoms with E-state index in [9.17, 15) is 40.9 Å². The number of benzene rings is 8. The lowest BCUT2D eigenvalue weighted by Crippen LogP contribution is -2.14. The molecule has 512 valence electrons. The minimum absolute atomic E-state index is 0.0232. The van der Waals surface area contributed by atoms with Crippen molar-refractivity contribution in [2.24, 2.45) is 0 Å². The lowest BCUT2D eigenvalue weighted by Gasteiger charge is -2.26. The Hall–Kier alpha value is -6.44. The maximum atomic E-state index is 12.8. The first-order chi connectivity index (χ1) is 43.9. The van der Waals surface area contributed by atoms with Crippen LogP contribution in [0.25, 0.3) is 0 Å². The highest BCUT2D eigenvalue weighted by Crippen LogP contribution is 2.54. The molecular formula is C84H104O8S4. The van der Waals surface area contributed by atoms with Gasteiger partial charge in [0.15, 0.2) is 0 Å². The van der Waals surface area contributed by atoms with Crippen molar-refractivity contribution in [2.45, 2.75) is 274 Å². The largest absolute Gasteiger partial charge is 0.506 e. The fourth-order valence-corrected chi connectivity index (χ4v) is 16.0. The number of fused-ring (bicyclic) bond motifs is 16. The van der Waals surface area contributed by atoms with Crippen molar-refractivity contribution in [2.75, 3.05) is 0 Å². The van der Waals surface area contributed by atoms with Crippen molar-refractivity contribution in [3.63, 3.8) is 0 Å². The summed E-state index contributed by atoms with van der Waals surface area (Å²) in [6.07, 6.45) is 0.602. The van der Waals surface area contributed by atoms with E-state index in [-0.39, 0.29) is 115 Å². The summed E-state index contributed by atoms with van der Waals surface area (Å²) in [5, 5.41) is 102. The van der Waals surface area contributed by atoms with Gasteiger partial charge in [-0.25, -0.2) is 0 Å². The number of phenolic OH excluding ortho intramolecular Hbond substituents is 8. The molecule has 8 aromatic carbocycles. The molecule has 8 aromatic rings. The first-order valence-electron chi connectivity index (χ1n) is 33.5. The molecule has 96 heavy (non-hydrogen) atoms. The minimum Gasteiger partial charge on any atom is -0.506 e. The van der Waals surface area contributed by atoms with Gasteiger partial charge in [0, 0.05) is 25.7 Å². The lowest BCUT2D eigenvalue weighted by atomic mass is 9.83. The molecule has 0 unspecified atom stereocenters. The molecule has 8 nitrogen and oxygen atoms in total. The number of phenols is 8. The molecule has 0 atom stereocenters. The van der Waals surface area contributed by atoms with Crippen molar-refractivity contribution >= 4 is 47.0 Å². The van der Waals surface area contributed by atoms with Crippen LogP contribution in [0.15, 0.2) is 136 Å². The minimum atomic E-state index is -0.384. The van der Waals surface area contributed by atoms with Crippen LogP contribution in [-0.2, 0) is 69.0 Å². The van der Waals surface area contributed by atoms with Crippen LogP contribution in [0.4, 0.5) is 0 Å². The van der Waals surface area contributed by atoms with Crippen LogP contribution < -0.4 is 0 Å². The molecule has 1 aliphatic rings. The third-order valence-electron chi connectivity index (χ3n) is 18.6. The number of hydrogen-bond acceptors (Lipinski definition) is 12. The number of hydrogen-bond donors (Lipinski definition) is 8. The van der Waals surface area contributed by atoms with Gasteiger partial charge in [-0.3, -0.25) is 0 Å². The van der Waals surface area contributed by atoms with Crippen LogP contribution in [0.1, 0.15) is 255 Å². The topological polar surface area (TPSA) is 162 Å². The maximum Gasteiger partial charge on any atom is 0.133 e. The normalized spacial score (nSPS) is 14.2. The van der Waals surface area contributed by atoms with E-state index in [4.69, 9.17) is 0 Å². The molecule has 0 spiro atoms. The summed E-state index contributed by atoms with van der Waals surface area (Å²) in [7, 11) is 0. The zero-order valence-electron chi connectivity index (χ0n) is 61.3. The fourth-order valence-electron chi connectivity index (χ4n) is 11.8. The molecule has 0 saturated heterocycles. The molecule has 9 rings (SSSR count). The van der Waals surface area contributed by atoms with E-state index in [1.807, 2.05) is 97.1 Å². The van der Waals surface area contributed by atoms with E-state index in [1.165, 1.54) is 47.0 Å². The van der Waals surface area contributed by atoms with E-state index in [1.54, 1.807) is 0 Å². The van der Waals surface area contributed by atoms with Gasteiger partial charge in [-0.05, 0) is 181 Å². The lowest BCUT2D eigenvalue weighted by molar-refractivity contribution is 0.445. The van der Waals surface area contributed by atoms with Gasteiger partial charge in [0.1, 0.15) is 46.0 Å². The molecule has 8 N–H and O–H groups in total. The standard InChI is InChI=1S/C84H104O8S4/c1-77(2,3)53-29-45-25-46-30-54(78(4,5)6)39-63(70(46)86)94-64-40-57(81(13,14)15)33-49(73(64)89)27-50-34-58(82(16,17)18)43-67(74(50)90)96-68-44-60(84(22,23)24)36-52(76(68)92)28-51-35-59(83(19,20)21)42-66(75(51)91)95-65-41-56(80(10,11)12)32-48(72(65)88)26-47-31-55(79(7,8)9)38-62(71(47)87)93-61(37-53)69(45)85/h29-44,85-92H,25-28H2,1-24H3. The van der Waals surface area contributed by atoms with Crippen molar-refractivity contribution in [1.29, 1.82) is 0 Å². The Labute approximate surface area is 590 Å². The van der Waals surface area contributed by atoms with Gasteiger partial charge < -0.3 is 40.9 Å². The average molecular weight is 1370 g/mol. The predicted molar refractivity (Wildman–Crippen MR) is 402 cm³/mol. The second-order valence-corrected chi connectivity index (χ2v) is 39.3. The first kappa shape index (κ1) is 73.8. The summed E-state index contributed by atoms with van der Waals surface area (Å²) in [6.45, 7) is 51.1. The first-order valence-corrected chi connectivity index (χ1v) is 36.8. The molecule has 0 saturated carbocycles. The molecule has 16 bridgehead atoms. The molecular weight excluding hydrogens is 1270 g/mol. The van der Waals surface area contributed by atoms with E-state index in [2.05, 4.69) is 166 Å². The zero-order chi connectivity index (χ0) is 71.4. The highest BCUT2D eigenvalue weighted by molar-refractivity contribution is 8.00. The molecule has 12 heteroatoms. The molecule has 0 aromatic heterocycles. The Morgan fingerprint density at radius 2 is 0.271 bits per heavy atom. The van der Waals surface area contributed by atoms with Crippen LogP contribution in [0, 0.1) is 0 Å². The molecule has 0 aliphatic carbocycles. The van der Waals surface area contributed by atoms with E-state index >= 15 is 0 Å². The molecule has 0 fully saturated rings. The van der Waals surface area contributed by atoms with Gasteiger partial charge in [-0.15, -0.1) is 0 Å². The monoisotopic (exact) mass is 1370 g/mol. The Morgan fingerprint density at radius 3 is 0.354 bits per heavy atom. The van der Waals surface area contributed by atoms with Gasteiger partial charge >= 0.3 is 0 Å². The quantitative estimate of drug-likeness (QED) is 0.0727. The van der Waals surface area contributed by atoms with E-state index in [0.29, 0.717) is 83.7 Å². The number of rotatable bonds is 0. The summed E-state index contributed by atoms with van der Waals surface area (Å²) >= 11 is 5.14. The Morgan fingerprint density at radius 1 is 0.177 bits per heavy atom. The third kappa shape index (κ3) is 16.1. The Kier molecular flexibility index (Phi) is 20.0. The second-order valence-electron chi connectivity index (χ2n) is 35.0. The predicted octanol–water partition coefficient (Wildman–Crippen LogP) is 23.0. The summed E-state index contributed by atoms with van der Waals surface area (Å²) in [5.74, 6) is 0.186. The fraction of sp³-hybridized carbons (Fsp3) is 0.429. The summed E-state index contributed by atoms with van der Waals surface area (Å²) in [5.41, 5.74) is 9.25. The van der Waals surface area contributed by atoms with Crippen LogP contribution >= 0.6 is 47.0 Å². The number of aromatic hydroxyl groups is 8. The Balaban J connectivity index is 1.34. The van der Waals surface area contributed by atoms with Gasteiger partial charge in [0.2, 0.25) is 0 Å². The van der Waals surface area contributed by atoms with Crippen molar-refractivity contribution in [1.82, 2.24) is 0 Å². The Bertz CT molecular complexity index is 3320. The van der Waals surface area contributed by atoms with Crippen LogP contribution in [-0.4, -0.2) is 40.9 Å². The summed E-state index contributed by atoms with van der Waals surface area (Å²) in [4.78, 5) is 4.25. The van der Waals surface area contributed by atoms with Crippen molar-refractivity contribution in [3.8, 4) is 46.0 Å². The van der Waals surface area contributed by atoms with Crippen molar-refractivity contribution in [3.05, 3.63) is 186 Å². The van der Waals surface area contributed by atoms with Crippen molar-refractivity contribution < 1.29 is 40.9 Å². The smallest absolute Gasteiger partial charge is 0.133 e.